The smallest absolute Gasteiger partial charge is 0.199 e. The Morgan fingerprint density at radius 3 is 1.50 bits per heavy atom. The number of aryl methyl sites for hydroxylation is 1. The van der Waals surface area contributed by atoms with E-state index in [1.54, 1.807) is 0 Å². The molecule has 1 rings (SSSR count). The van der Waals surface area contributed by atoms with Crippen LogP contribution in [0.1, 0.15) is 5.56 Å². The molecule has 0 amide bonds. The topological polar surface area (TPSA) is 3.88 Å². The van der Waals surface area contributed by atoms with Gasteiger partial charge in [-0.25, -0.2) is 0 Å². The van der Waals surface area contributed by atoms with Crippen molar-refractivity contribution in [2.24, 2.45) is 0 Å². The Kier molecular flexibility index (Phi) is 4.87. The largest absolute Gasteiger partial charge is 0.460 e. The lowest BCUT2D eigenvalue weighted by atomic mass is 9.98. The van der Waals surface area contributed by atoms with Crippen molar-refractivity contribution in [1.82, 2.24) is 0 Å². The number of halogens is 11. The lowest BCUT2D eigenvalue weighted by Crippen LogP contribution is -2.68. The molecule has 0 aromatic carbocycles. The first-order chi connectivity index (χ1) is 10.5. The van der Waals surface area contributed by atoms with E-state index in [4.69, 9.17) is 0 Å². The molecule has 24 heavy (non-hydrogen) atoms. The summed E-state index contributed by atoms with van der Waals surface area (Å²) < 4.78 is 141. The van der Waals surface area contributed by atoms with Crippen molar-refractivity contribution in [3.8, 4) is 0 Å². The summed E-state index contributed by atoms with van der Waals surface area (Å²) in [5.41, 5.74) is 0.468. The second-order valence-corrected chi connectivity index (χ2v) is 4.97. The Labute approximate surface area is 127 Å². The van der Waals surface area contributed by atoms with Gasteiger partial charge < -0.3 is 0 Å². The maximum Gasteiger partial charge on any atom is 0.460 e. The Morgan fingerprint density at radius 2 is 1.12 bits per heavy atom. The highest BCUT2D eigenvalue weighted by Crippen LogP contribution is 2.57. The first-order valence-electron chi connectivity index (χ1n) is 6.01. The Hall–Kier alpha value is -1.62. The predicted octanol–water partition coefficient (Wildman–Crippen LogP) is 4.39. The molecule has 0 aliphatic carbocycles. The summed E-state index contributed by atoms with van der Waals surface area (Å²) in [5, 5.41) is 0. The molecule has 1 aromatic heterocycles. The van der Waals surface area contributed by atoms with E-state index in [2.05, 4.69) is 0 Å². The van der Waals surface area contributed by atoms with Gasteiger partial charge in [0.2, 0.25) is 6.54 Å². The zero-order valence-corrected chi connectivity index (χ0v) is 11.6. The summed E-state index contributed by atoms with van der Waals surface area (Å²) in [4.78, 5) is 0. The number of hydrogen-bond acceptors (Lipinski definition) is 0. The molecule has 1 nitrogen and oxygen atoms in total. The van der Waals surface area contributed by atoms with Crippen molar-refractivity contribution in [3.05, 3.63) is 30.1 Å². The average Bonchev–Trinajstić information content (AvgIpc) is 2.39. The number of alkyl halides is 11. The average molecular weight is 376 g/mol. The highest BCUT2D eigenvalue weighted by molar-refractivity contribution is 5.06. The van der Waals surface area contributed by atoms with Crippen molar-refractivity contribution >= 4 is 0 Å². The lowest BCUT2D eigenvalue weighted by Gasteiger charge is -2.36. The first kappa shape index (κ1) is 20.4. The molecule has 1 aromatic rings. The van der Waals surface area contributed by atoms with E-state index in [1.165, 1.54) is 6.92 Å². The SMILES string of the molecule is Cc1cc[n+](CC(F)(F)C(F)(F)C(F)(F)C(F)(F)C(F)(F)F)cc1. The van der Waals surface area contributed by atoms with Crippen molar-refractivity contribution in [2.45, 2.75) is 43.3 Å². The van der Waals surface area contributed by atoms with Gasteiger partial charge in [0.15, 0.2) is 12.4 Å². The fourth-order valence-corrected chi connectivity index (χ4v) is 1.57. The molecule has 0 saturated carbocycles. The molecule has 0 aliphatic rings. The summed E-state index contributed by atoms with van der Waals surface area (Å²) in [7, 11) is 0. The molecule has 138 valence electrons. The minimum Gasteiger partial charge on any atom is -0.199 e. The van der Waals surface area contributed by atoms with E-state index in [9.17, 15) is 48.3 Å². The third-order valence-corrected chi connectivity index (χ3v) is 3.04. The molecular formula is C12H9F11N+. The summed E-state index contributed by atoms with van der Waals surface area (Å²) in [5.74, 6) is -27.6. The van der Waals surface area contributed by atoms with Crippen molar-refractivity contribution < 1.29 is 52.9 Å². The standard InChI is InChI=1S/C12H9F11N/c1-7-2-4-24(5-3-7)6-8(13,14)9(15,16)10(17,18)11(19,20)12(21,22)23/h2-5H,6H2,1H3/q+1. The van der Waals surface area contributed by atoms with Gasteiger partial charge in [0.05, 0.1) is 0 Å². The highest BCUT2D eigenvalue weighted by atomic mass is 19.4. The lowest BCUT2D eigenvalue weighted by molar-refractivity contribution is -0.719. The maximum atomic E-state index is 13.5. The van der Waals surface area contributed by atoms with E-state index in [-0.39, 0.29) is 4.57 Å². The van der Waals surface area contributed by atoms with Crippen LogP contribution in [-0.4, -0.2) is 29.9 Å². The number of hydrogen-bond donors (Lipinski definition) is 0. The van der Waals surface area contributed by atoms with Gasteiger partial charge in [0.25, 0.3) is 0 Å². The maximum absolute atomic E-state index is 13.5. The van der Waals surface area contributed by atoms with Crippen LogP contribution in [0.25, 0.3) is 0 Å². The van der Waals surface area contributed by atoms with Crippen LogP contribution in [0.3, 0.4) is 0 Å². The minimum absolute atomic E-state index is 0.253. The predicted molar refractivity (Wildman–Crippen MR) is 57.2 cm³/mol. The molecule has 0 fully saturated rings. The fourth-order valence-electron chi connectivity index (χ4n) is 1.57. The monoisotopic (exact) mass is 376 g/mol. The zero-order chi connectivity index (χ0) is 19.2. The van der Waals surface area contributed by atoms with Crippen LogP contribution in [0, 0.1) is 6.92 Å². The Morgan fingerprint density at radius 1 is 0.708 bits per heavy atom. The van der Waals surface area contributed by atoms with Gasteiger partial charge in [-0.1, -0.05) is 0 Å². The van der Waals surface area contributed by atoms with Crippen molar-refractivity contribution in [3.63, 3.8) is 0 Å². The summed E-state index contributed by atoms with van der Waals surface area (Å²) in [6.07, 6.45) is -5.65. The molecule has 0 unspecified atom stereocenters. The van der Waals surface area contributed by atoms with Crippen LogP contribution in [-0.2, 0) is 6.54 Å². The third-order valence-electron chi connectivity index (χ3n) is 3.04. The van der Waals surface area contributed by atoms with Crippen LogP contribution in [0.5, 0.6) is 0 Å². The molecular weight excluding hydrogens is 367 g/mol. The van der Waals surface area contributed by atoms with E-state index in [1.807, 2.05) is 0 Å². The first-order valence-corrected chi connectivity index (χ1v) is 6.01. The second kappa shape index (κ2) is 5.73. The second-order valence-electron chi connectivity index (χ2n) is 4.97. The quantitative estimate of drug-likeness (QED) is 0.530. The van der Waals surface area contributed by atoms with Crippen LogP contribution in [0.2, 0.25) is 0 Å². The van der Waals surface area contributed by atoms with Crippen molar-refractivity contribution in [1.29, 1.82) is 0 Å². The Bertz CT molecular complexity index is 574. The molecule has 12 heteroatoms. The van der Waals surface area contributed by atoms with Crippen molar-refractivity contribution in [2.75, 3.05) is 0 Å². The van der Waals surface area contributed by atoms with E-state index in [0.717, 1.165) is 24.5 Å². The highest BCUT2D eigenvalue weighted by Gasteiger charge is 2.87. The molecule has 0 bridgehead atoms. The molecule has 0 aliphatic heterocycles. The number of rotatable bonds is 5. The normalized spacial score (nSPS) is 14.8. The van der Waals surface area contributed by atoms with Crippen LogP contribution < -0.4 is 4.57 Å². The van der Waals surface area contributed by atoms with Gasteiger partial charge in [0.1, 0.15) is 0 Å². The van der Waals surface area contributed by atoms with E-state index in [0.29, 0.717) is 5.56 Å². The van der Waals surface area contributed by atoms with Gasteiger partial charge in [-0.05, 0) is 12.5 Å². The van der Waals surface area contributed by atoms with E-state index < -0.39 is 36.4 Å². The van der Waals surface area contributed by atoms with E-state index >= 15 is 0 Å². The summed E-state index contributed by atoms with van der Waals surface area (Å²) in [6, 6.07) is 2.22. The van der Waals surface area contributed by atoms with Gasteiger partial charge in [-0.15, -0.1) is 0 Å². The molecule has 0 spiro atoms. The minimum atomic E-state index is -7.37. The Balaban J connectivity index is 3.26. The summed E-state index contributed by atoms with van der Waals surface area (Å²) in [6.45, 7) is -0.765. The number of pyridine rings is 1. The third kappa shape index (κ3) is 3.14. The molecule has 1 heterocycles. The summed E-state index contributed by atoms with van der Waals surface area (Å²) >= 11 is 0. The molecule has 0 atom stereocenters. The van der Waals surface area contributed by atoms with Gasteiger partial charge in [-0.3, -0.25) is 0 Å². The number of nitrogens with zero attached hydrogens (tertiary/aromatic N) is 1. The molecule has 0 N–H and O–H groups in total. The zero-order valence-electron chi connectivity index (χ0n) is 11.6. The van der Waals surface area contributed by atoms with Gasteiger partial charge in [0, 0.05) is 12.1 Å². The molecule has 0 saturated heterocycles. The van der Waals surface area contributed by atoms with Gasteiger partial charge in [-0.2, -0.15) is 52.9 Å². The molecule has 0 radical (unpaired) electrons. The van der Waals surface area contributed by atoms with Crippen LogP contribution in [0.15, 0.2) is 24.5 Å². The van der Waals surface area contributed by atoms with Gasteiger partial charge >= 0.3 is 29.9 Å². The van der Waals surface area contributed by atoms with Crippen LogP contribution >= 0.6 is 0 Å². The number of aromatic nitrogens is 1. The van der Waals surface area contributed by atoms with Crippen LogP contribution in [0.4, 0.5) is 48.3 Å². The fraction of sp³-hybridized carbons (Fsp3) is 0.583.